The number of hydrogen-bond donors (Lipinski definition) is 0. The number of nitrogens with zero attached hydrogens (tertiary/aromatic N) is 1. The van der Waals surface area contributed by atoms with Crippen LogP contribution in [0.5, 0.6) is 0 Å². The lowest BCUT2D eigenvalue weighted by Crippen LogP contribution is -1.84. The molecule has 0 aliphatic rings. The maximum absolute atomic E-state index is 10.3. The molecule has 0 aromatic heterocycles. The summed E-state index contributed by atoms with van der Waals surface area (Å²) in [4.78, 5) is 14.2. The van der Waals surface area contributed by atoms with Crippen molar-refractivity contribution in [2.45, 2.75) is 0 Å². The summed E-state index contributed by atoms with van der Waals surface area (Å²) in [6, 6.07) is 7.29. The molecule has 0 heterocycles. The van der Waals surface area contributed by atoms with E-state index >= 15 is 0 Å². The molecule has 0 amide bonds. The van der Waals surface area contributed by atoms with Crippen molar-refractivity contribution < 1.29 is 4.79 Å². The standard InChI is InChI=1S/C9H9NO/c1-10-6-8-3-2-4-9(5-8)7-11/h2-7H,1H3/b10-6+. The van der Waals surface area contributed by atoms with Crippen LogP contribution in [0.1, 0.15) is 15.9 Å². The fraction of sp³-hybridized carbons (Fsp3) is 0.111. The first-order valence-electron chi connectivity index (χ1n) is 3.34. The molecule has 0 aliphatic carbocycles. The highest BCUT2D eigenvalue weighted by molar-refractivity contribution is 5.84. The molecule has 0 spiro atoms. The lowest BCUT2D eigenvalue weighted by atomic mass is 10.1. The zero-order chi connectivity index (χ0) is 8.10. The third kappa shape index (κ3) is 2.00. The fourth-order valence-corrected chi connectivity index (χ4v) is 0.862. The predicted octanol–water partition coefficient (Wildman–Crippen LogP) is 1.55. The van der Waals surface area contributed by atoms with Gasteiger partial charge in [-0.25, -0.2) is 0 Å². The average molecular weight is 147 g/mol. The van der Waals surface area contributed by atoms with Gasteiger partial charge >= 0.3 is 0 Å². The van der Waals surface area contributed by atoms with Crippen LogP contribution in [-0.2, 0) is 0 Å². The van der Waals surface area contributed by atoms with Crippen LogP contribution >= 0.6 is 0 Å². The van der Waals surface area contributed by atoms with Crippen LogP contribution in [0, 0.1) is 0 Å². The molecule has 0 saturated heterocycles. The van der Waals surface area contributed by atoms with Crippen LogP contribution in [0.3, 0.4) is 0 Å². The molecule has 2 nitrogen and oxygen atoms in total. The van der Waals surface area contributed by atoms with E-state index in [1.165, 1.54) is 0 Å². The number of aldehydes is 1. The molecule has 0 atom stereocenters. The SMILES string of the molecule is C/N=C/c1cccc(C=O)c1. The molecule has 0 fully saturated rings. The molecule has 1 aromatic carbocycles. The van der Waals surface area contributed by atoms with Gasteiger partial charge in [0.1, 0.15) is 6.29 Å². The van der Waals surface area contributed by atoms with Gasteiger partial charge in [0.2, 0.25) is 0 Å². The normalized spacial score (nSPS) is 10.3. The zero-order valence-corrected chi connectivity index (χ0v) is 6.32. The van der Waals surface area contributed by atoms with Crippen molar-refractivity contribution in [1.29, 1.82) is 0 Å². The Bertz CT molecular complexity index is 279. The van der Waals surface area contributed by atoms with Crippen LogP contribution in [0.2, 0.25) is 0 Å². The van der Waals surface area contributed by atoms with Gasteiger partial charge in [-0.05, 0) is 11.6 Å². The van der Waals surface area contributed by atoms with Gasteiger partial charge < -0.3 is 0 Å². The van der Waals surface area contributed by atoms with Crippen LogP contribution in [0.25, 0.3) is 0 Å². The van der Waals surface area contributed by atoms with Crippen LogP contribution in [0.15, 0.2) is 29.3 Å². The van der Waals surface area contributed by atoms with Crippen molar-refractivity contribution in [3.63, 3.8) is 0 Å². The van der Waals surface area contributed by atoms with Crippen LogP contribution < -0.4 is 0 Å². The number of carbonyl (C=O) groups excluding carboxylic acids is 1. The molecule has 0 saturated carbocycles. The molecule has 56 valence electrons. The molecule has 1 rings (SSSR count). The molecule has 0 N–H and O–H groups in total. The Labute approximate surface area is 65.6 Å². The fourth-order valence-electron chi connectivity index (χ4n) is 0.862. The van der Waals surface area contributed by atoms with Gasteiger partial charge in [-0.15, -0.1) is 0 Å². The number of aliphatic imine (C=N–C) groups is 1. The molecule has 11 heavy (non-hydrogen) atoms. The highest BCUT2D eigenvalue weighted by Gasteiger charge is 1.89. The van der Waals surface area contributed by atoms with Gasteiger partial charge in [0.15, 0.2) is 0 Å². The second-order valence-corrected chi connectivity index (χ2v) is 2.18. The molecule has 0 bridgehead atoms. The minimum absolute atomic E-state index is 0.683. The first kappa shape index (κ1) is 7.66. The average Bonchev–Trinajstić information content (AvgIpc) is 2.06. The maximum Gasteiger partial charge on any atom is 0.150 e. The van der Waals surface area contributed by atoms with E-state index in [9.17, 15) is 4.79 Å². The van der Waals surface area contributed by atoms with Crippen molar-refractivity contribution in [2.75, 3.05) is 7.05 Å². The summed E-state index contributed by atoms with van der Waals surface area (Å²) in [7, 11) is 1.70. The third-order valence-electron chi connectivity index (χ3n) is 1.32. The Morgan fingerprint density at radius 2 is 2.09 bits per heavy atom. The summed E-state index contributed by atoms with van der Waals surface area (Å²) in [5.74, 6) is 0. The zero-order valence-electron chi connectivity index (χ0n) is 6.32. The first-order chi connectivity index (χ1) is 5.36. The highest BCUT2D eigenvalue weighted by Crippen LogP contribution is 1.99. The lowest BCUT2D eigenvalue weighted by Gasteiger charge is -1.91. The van der Waals surface area contributed by atoms with Gasteiger partial charge in [0.05, 0.1) is 0 Å². The van der Waals surface area contributed by atoms with E-state index in [-0.39, 0.29) is 0 Å². The molecule has 0 aliphatic heterocycles. The summed E-state index contributed by atoms with van der Waals surface area (Å²) in [6.45, 7) is 0. The molecular formula is C9H9NO. The lowest BCUT2D eigenvalue weighted by molar-refractivity contribution is 0.112. The Hall–Kier alpha value is -1.44. The smallest absolute Gasteiger partial charge is 0.150 e. The summed E-state index contributed by atoms with van der Waals surface area (Å²) >= 11 is 0. The van der Waals surface area contributed by atoms with Crippen molar-refractivity contribution in [1.82, 2.24) is 0 Å². The Balaban J connectivity index is 3.00. The van der Waals surface area contributed by atoms with E-state index in [4.69, 9.17) is 0 Å². The Kier molecular flexibility index (Phi) is 2.55. The highest BCUT2D eigenvalue weighted by atomic mass is 16.1. The monoisotopic (exact) mass is 147 g/mol. The summed E-state index contributed by atoms with van der Waals surface area (Å²) in [5, 5.41) is 0. The van der Waals surface area contributed by atoms with E-state index in [2.05, 4.69) is 4.99 Å². The largest absolute Gasteiger partial charge is 0.298 e. The molecule has 1 aromatic rings. The number of rotatable bonds is 2. The Morgan fingerprint density at radius 3 is 2.73 bits per heavy atom. The van der Waals surface area contributed by atoms with Crippen molar-refractivity contribution >= 4 is 12.5 Å². The second kappa shape index (κ2) is 3.66. The van der Waals surface area contributed by atoms with Gasteiger partial charge in [-0.1, -0.05) is 18.2 Å². The number of carbonyl (C=O) groups is 1. The van der Waals surface area contributed by atoms with E-state index in [1.807, 2.05) is 12.1 Å². The number of hydrogen-bond acceptors (Lipinski definition) is 2. The van der Waals surface area contributed by atoms with E-state index < -0.39 is 0 Å². The molecule has 2 heteroatoms. The summed E-state index contributed by atoms with van der Waals surface area (Å²) in [6.07, 6.45) is 2.54. The topological polar surface area (TPSA) is 29.4 Å². The molecular weight excluding hydrogens is 138 g/mol. The predicted molar refractivity (Wildman–Crippen MR) is 45.3 cm³/mol. The van der Waals surface area contributed by atoms with Crippen LogP contribution in [0.4, 0.5) is 0 Å². The molecule has 0 unspecified atom stereocenters. The van der Waals surface area contributed by atoms with Crippen LogP contribution in [-0.4, -0.2) is 19.5 Å². The quantitative estimate of drug-likeness (QED) is 0.461. The Morgan fingerprint density at radius 1 is 1.36 bits per heavy atom. The van der Waals surface area contributed by atoms with Gasteiger partial charge in [-0.2, -0.15) is 0 Å². The van der Waals surface area contributed by atoms with E-state index in [0.717, 1.165) is 11.8 Å². The third-order valence-corrected chi connectivity index (χ3v) is 1.32. The van der Waals surface area contributed by atoms with E-state index in [1.54, 1.807) is 25.4 Å². The van der Waals surface area contributed by atoms with Gasteiger partial charge in [0, 0.05) is 18.8 Å². The van der Waals surface area contributed by atoms with E-state index in [0.29, 0.717) is 5.56 Å². The summed E-state index contributed by atoms with van der Waals surface area (Å²) in [5.41, 5.74) is 1.64. The van der Waals surface area contributed by atoms with Crippen molar-refractivity contribution in [3.8, 4) is 0 Å². The number of benzene rings is 1. The minimum atomic E-state index is 0.683. The first-order valence-corrected chi connectivity index (χ1v) is 3.34. The minimum Gasteiger partial charge on any atom is -0.298 e. The summed E-state index contributed by atoms with van der Waals surface area (Å²) < 4.78 is 0. The van der Waals surface area contributed by atoms with Crippen molar-refractivity contribution in [2.24, 2.45) is 4.99 Å². The van der Waals surface area contributed by atoms with Gasteiger partial charge in [-0.3, -0.25) is 9.79 Å². The van der Waals surface area contributed by atoms with Gasteiger partial charge in [0.25, 0.3) is 0 Å². The second-order valence-electron chi connectivity index (χ2n) is 2.18. The molecule has 0 radical (unpaired) electrons. The van der Waals surface area contributed by atoms with Crippen molar-refractivity contribution in [3.05, 3.63) is 35.4 Å². The maximum atomic E-state index is 10.3.